The monoisotopic (exact) mass is 303 g/mol. The Morgan fingerprint density at radius 1 is 1.45 bits per heavy atom. The van der Waals surface area contributed by atoms with E-state index in [-0.39, 0.29) is 0 Å². The number of aromatic nitrogens is 2. The largest absolute Gasteiger partial charge is 0.497 e. The summed E-state index contributed by atoms with van der Waals surface area (Å²) >= 11 is 0. The predicted octanol–water partition coefficient (Wildman–Crippen LogP) is 1.79. The average Bonchev–Trinajstić information content (AvgIpc) is 3.17. The van der Waals surface area contributed by atoms with Gasteiger partial charge >= 0.3 is 5.97 Å². The summed E-state index contributed by atoms with van der Waals surface area (Å²) in [5, 5.41) is 13.1. The Balaban J connectivity index is 1.72. The molecule has 1 aromatic carbocycles. The van der Waals surface area contributed by atoms with Crippen LogP contribution in [0.2, 0.25) is 0 Å². The summed E-state index contributed by atoms with van der Waals surface area (Å²) in [7, 11) is 1.61. The van der Waals surface area contributed by atoms with Crippen molar-refractivity contribution in [3.8, 4) is 17.1 Å². The van der Waals surface area contributed by atoms with Crippen molar-refractivity contribution in [3.05, 3.63) is 30.2 Å². The minimum Gasteiger partial charge on any atom is -0.497 e. The standard InChI is InChI=1S/C15H17N3O4/c1-21-11-6-4-10(5-7-11)14-16-13(22-17-14)9-18-8-2-3-12(18)15(19)20/h4-7,12H,2-3,8-9H2,1H3,(H,19,20)/t12-/m1/s1. The highest BCUT2D eigenvalue weighted by molar-refractivity contribution is 5.73. The summed E-state index contributed by atoms with van der Waals surface area (Å²) < 4.78 is 10.3. The van der Waals surface area contributed by atoms with Crippen LogP contribution in [0.5, 0.6) is 5.75 Å². The number of likely N-dealkylation sites (tertiary alicyclic amines) is 1. The van der Waals surface area contributed by atoms with Crippen LogP contribution in [0.25, 0.3) is 11.4 Å². The number of methoxy groups -OCH3 is 1. The number of carboxylic acids is 1. The van der Waals surface area contributed by atoms with Crippen LogP contribution in [-0.4, -0.2) is 45.8 Å². The van der Waals surface area contributed by atoms with Crippen LogP contribution in [0.4, 0.5) is 0 Å². The molecule has 1 aromatic heterocycles. The third kappa shape index (κ3) is 2.94. The third-order valence-corrected chi connectivity index (χ3v) is 3.80. The van der Waals surface area contributed by atoms with Gasteiger partial charge in [-0.05, 0) is 43.7 Å². The minimum absolute atomic E-state index is 0.361. The zero-order chi connectivity index (χ0) is 15.5. The first-order chi connectivity index (χ1) is 10.7. The van der Waals surface area contributed by atoms with Gasteiger partial charge in [-0.1, -0.05) is 5.16 Å². The van der Waals surface area contributed by atoms with Gasteiger partial charge in [0.1, 0.15) is 11.8 Å². The van der Waals surface area contributed by atoms with Gasteiger partial charge in [-0.2, -0.15) is 4.98 Å². The first-order valence-electron chi connectivity index (χ1n) is 7.11. The summed E-state index contributed by atoms with van der Waals surface area (Å²) in [4.78, 5) is 17.4. The van der Waals surface area contributed by atoms with Crippen molar-refractivity contribution >= 4 is 5.97 Å². The van der Waals surface area contributed by atoms with Crippen molar-refractivity contribution in [3.63, 3.8) is 0 Å². The molecule has 0 unspecified atom stereocenters. The second-order valence-corrected chi connectivity index (χ2v) is 5.21. The van der Waals surface area contributed by atoms with Crippen LogP contribution < -0.4 is 4.74 Å². The van der Waals surface area contributed by atoms with Gasteiger partial charge in [0.05, 0.1) is 13.7 Å². The first-order valence-corrected chi connectivity index (χ1v) is 7.11. The maximum absolute atomic E-state index is 11.2. The van der Waals surface area contributed by atoms with Crippen molar-refractivity contribution in [2.24, 2.45) is 0 Å². The molecule has 1 atom stereocenters. The normalized spacial score (nSPS) is 18.5. The third-order valence-electron chi connectivity index (χ3n) is 3.80. The molecule has 0 amide bonds. The summed E-state index contributed by atoms with van der Waals surface area (Å²) in [6.07, 6.45) is 1.53. The number of benzene rings is 1. The van der Waals surface area contributed by atoms with E-state index in [4.69, 9.17) is 9.26 Å². The molecular formula is C15H17N3O4. The summed E-state index contributed by atoms with van der Waals surface area (Å²) in [5.41, 5.74) is 0.826. The van der Waals surface area contributed by atoms with Crippen LogP contribution in [-0.2, 0) is 11.3 Å². The number of rotatable bonds is 5. The SMILES string of the molecule is COc1ccc(-c2noc(CN3CCC[C@@H]3C(=O)O)n2)cc1. The Morgan fingerprint density at radius 2 is 2.23 bits per heavy atom. The zero-order valence-electron chi connectivity index (χ0n) is 12.2. The van der Waals surface area contributed by atoms with Gasteiger partial charge in [0.25, 0.3) is 0 Å². The molecule has 1 aliphatic rings. The number of carboxylic acid groups (broad SMARTS) is 1. The molecule has 7 heteroatoms. The quantitative estimate of drug-likeness (QED) is 0.900. The van der Waals surface area contributed by atoms with Crippen molar-refractivity contribution in [1.82, 2.24) is 15.0 Å². The Morgan fingerprint density at radius 3 is 2.91 bits per heavy atom. The number of ether oxygens (including phenoxy) is 1. The number of aliphatic carboxylic acids is 1. The van der Waals surface area contributed by atoms with Crippen LogP contribution in [0, 0.1) is 0 Å². The lowest BCUT2D eigenvalue weighted by Crippen LogP contribution is -2.35. The van der Waals surface area contributed by atoms with E-state index in [0.717, 1.165) is 24.3 Å². The molecule has 0 spiro atoms. The fourth-order valence-electron chi connectivity index (χ4n) is 2.65. The summed E-state index contributed by atoms with van der Waals surface area (Å²) in [6, 6.07) is 6.89. The summed E-state index contributed by atoms with van der Waals surface area (Å²) in [6.45, 7) is 1.09. The lowest BCUT2D eigenvalue weighted by atomic mass is 10.2. The lowest BCUT2D eigenvalue weighted by molar-refractivity contribution is -0.142. The van der Waals surface area contributed by atoms with Gasteiger partial charge in [-0.3, -0.25) is 9.69 Å². The molecule has 7 nitrogen and oxygen atoms in total. The molecule has 3 rings (SSSR count). The van der Waals surface area contributed by atoms with E-state index in [1.54, 1.807) is 7.11 Å². The molecule has 1 saturated heterocycles. The van der Waals surface area contributed by atoms with Gasteiger partial charge in [0.15, 0.2) is 0 Å². The number of hydrogen-bond donors (Lipinski definition) is 1. The molecular weight excluding hydrogens is 286 g/mol. The van der Waals surface area contributed by atoms with Crippen molar-refractivity contribution in [1.29, 1.82) is 0 Å². The Hall–Kier alpha value is -2.41. The molecule has 2 heterocycles. The highest BCUT2D eigenvalue weighted by Crippen LogP contribution is 2.22. The van der Waals surface area contributed by atoms with E-state index in [2.05, 4.69) is 10.1 Å². The van der Waals surface area contributed by atoms with Crippen LogP contribution in [0.15, 0.2) is 28.8 Å². The first kappa shape index (κ1) is 14.5. The highest BCUT2D eigenvalue weighted by Gasteiger charge is 2.31. The lowest BCUT2D eigenvalue weighted by Gasteiger charge is -2.18. The van der Waals surface area contributed by atoms with E-state index < -0.39 is 12.0 Å². The smallest absolute Gasteiger partial charge is 0.320 e. The van der Waals surface area contributed by atoms with Crippen molar-refractivity contribution in [2.75, 3.05) is 13.7 Å². The molecule has 0 saturated carbocycles. The maximum atomic E-state index is 11.2. The molecule has 1 N–H and O–H groups in total. The van der Waals surface area contributed by atoms with Crippen LogP contribution >= 0.6 is 0 Å². The highest BCUT2D eigenvalue weighted by atomic mass is 16.5. The van der Waals surface area contributed by atoms with E-state index in [0.29, 0.717) is 24.7 Å². The van der Waals surface area contributed by atoms with Gasteiger partial charge in [0.2, 0.25) is 11.7 Å². The molecule has 0 radical (unpaired) electrons. The van der Waals surface area contributed by atoms with E-state index in [1.165, 1.54) is 0 Å². The molecule has 0 bridgehead atoms. The molecule has 116 valence electrons. The maximum Gasteiger partial charge on any atom is 0.320 e. The van der Waals surface area contributed by atoms with E-state index in [9.17, 15) is 9.90 Å². The van der Waals surface area contributed by atoms with Crippen molar-refractivity contribution in [2.45, 2.75) is 25.4 Å². The van der Waals surface area contributed by atoms with Gasteiger partial charge in [-0.25, -0.2) is 0 Å². The van der Waals surface area contributed by atoms with E-state index in [1.807, 2.05) is 29.2 Å². The molecule has 1 fully saturated rings. The Kier molecular flexibility index (Phi) is 4.06. The average molecular weight is 303 g/mol. The topological polar surface area (TPSA) is 88.7 Å². The Bertz CT molecular complexity index is 653. The number of carbonyl (C=O) groups is 1. The van der Waals surface area contributed by atoms with Crippen molar-refractivity contribution < 1.29 is 19.2 Å². The molecule has 2 aromatic rings. The van der Waals surface area contributed by atoms with E-state index >= 15 is 0 Å². The number of nitrogens with zero attached hydrogens (tertiary/aromatic N) is 3. The fourth-order valence-corrected chi connectivity index (χ4v) is 2.65. The second kappa shape index (κ2) is 6.15. The van der Waals surface area contributed by atoms with Gasteiger partial charge < -0.3 is 14.4 Å². The molecule has 1 aliphatic heterocycles. The zero-order valence-corrected chi connectivity index (χ0v) is 12.2. The molecule has 22 heavy (non-hydrogen) atoms. The van der Waals surface area contributed by atoms with Crippen LogP contribution in [0.1, 0.15) is 18.7 Å². The number of hydrogen-bond acceptors (Lipinski definition) is 6. The second-order valence-electron chi connectivity index (χ2n) is 5.21. The van der Waals surface area contributed by atoms with Gasteiger partial charge in [-0.15, -0.1) is 0 Å². The Labute approximate surface area is 127 Å². The van der Waals surface area contributed by atoms with Gasteiger partial charge in [0, 0.05) is 5.56 Å². The predicted molar refractivity (Wildman–Crippen MR) is 77.4 cm³/mol. The minimum atomic E-state index is -0.799. The molecule has 0 aliphatic carbocycles. The van der Waals surface area contributed by atoms with Crippen LogP contribution in [0.3, 0.4) is 0 Å². The summed E-state index contributed by atoms with van der Waals surface area (Å²) in [5.74, 6) is 0.879. The fraction of sp³-hybridized carbons (Fsp3) is 0.400.